The van der Waals surface area contributed by atoms with Crippen LogP contribution in [0.4, 0.5) is 0 Å². The minimum absolute atomic E-state index is 0.519. The molecule has 1 aromatic carbocycles. The van der Waals surface area contributed by atoms with Gasteiger partial charge in [-0.25, -0.2) is 4.98 Å². The molecule has 0 radical (unpaired) electrons. The highest BCUT2D eigenvalue weighted by Gasteiger charge is 2.14. The minimum Gasteiger partial charge on any atom is -0.390 e. The van der Waals surface area contributed by atoms with Crippen LogP contribution in [0.3, 0.4) is 0 Å². The van der Waals surface area contributed by atoms with E-state index in [4.69, 9.17) is 0 Å². The maximum Gasteiger partial charge on any atom is 0.0890 e. The Morgan fingerprint density at radius 1 is 1.20 bits per heavy atom. The zero-order chi connectivity index (χ0) is 10.9. The van der Waals surface area contributed by atoms with E-state index in [0.717, 1.165) is 16.7 Å². The molecule has 0 atom stereocenters. The predicted molar refractivity (Wildman–Crippen MR) is 59.5 cm³/mol. The molecular weight excluding hydrogens is 188 g/mol. The zero-order valence-electron chi connectivity index (χ0n) is 8.94. The van der Waals surface area contributed by atoms with E-state index >= 15 is 0 Å². The normalized spacial score (nSPS) is 11.9. The van der Waals surface area contributed by atoms with Crippen LogP contribution in [0.5, 0.6) is 0 Å². The number of nitrogens with zero attached hydrogens (tertiary/aromatic N) is 2. The van der Waals surface area contributed by atoms with Crippen LogP contribution in [0.15, 0.2) is 30.5 Å². The zero-order valence-corrected chi connectivity index (χ0v) is 8.94. The van der Waals surface area contributed by atoms with Crippen molar-refractivity contribution in [3.05, 3.63) is 36.2 Å². The van der Waals surface area contributed by atoms with Gasteiger partial charge in [0, 0.05) is 12.6 Å². The van der Waals surface area contributed by atoms with Crippen molar-refractivity contribution in [3.8, 4) is 0 Å². The van der Waals surface area contributed by atoms with Crippen molar-refractivity contribution in [3.63, 3.8) is 0 Å². The first-order valence-electron chi connectivity index (χ1n) is 4.98. The summed E-state index contributed by atoms with van der Waals surface area (Å²) in [6.45, 7) is 3.54. The molecule has 0 saturated carbocycles. The first-order valence-corrected chi connectivity index (χ1v) is 4.98. The van der Waals surface area contributed by atoms with E-state index in [0.29, 0.717) is 6.42 Å². The van der Waals surface area contributed by atoms with Crippen LogP contribution in [0, 0.1) is 0 Å². The highest BCUT2D eigenvalue weighted by atomic mass is 16.3. The number of aromatic nitrogens is 2. The van der Waals surface area contributed by atoms with Gasteiger partial charge in [0.2, 0.25) is 0 Å². The Balaban J connectivity index is 2.39. The first-order chi connectivity index (χ1) is 7.04. The number of hydrogen-bond acceptors (Lipinski definition) is 3. The molecule has 1 heterocycles. The summed E-state index contributed by atoms with van der Waals surface area (Å²) in [5.41, 5.74) is 1.84. The topological polar surface area (TPSA) is 46.0 Å². The molecule has 0 saturated heterocycles. The molecule has 1 N–H and O–H groups in total. The number of rotatable bonds is 2. The Morgan fingerprint density at radius 3 is 2.53 bits per heavy atom. The van der Waals surface area contributed by atoms with Crippen LogP contribution < -0.4 is 0 Å². The average molecular weight is 202 g/mol. The lowest BCUT2D eigenvalue weighted by molar-refractivity contribution is 0.0799. The van der Waals surface area contributed by atoms with Crippen molar-refractivity contribution in [1.82, 2.24) is 9.97 Å². The van der Waals surface area contributed by atoms with Crippen molar-refractivity contribution in [2.45, 2.75) is 25.9 Å². The number of benzene rings is 1. The fourth-order valence-electron chi connectivity index (χ4n) is 1.52. The molecule has 0 aliphatic heterocycles. The number of hydrogen-bond donors (Lipinski definition) is 1. The number of para-hydroxylation sites is 2. The van der Waals surface area contributed by atoms with Crippen LogP contribution in [0.2, 0.25) is 0 Å². The SMILES string of the molecule is CC(C)(O)Cc1cnc2ccccc2n1. The molecule has 0 unspecified atom stereocenters. The fourth-order valence-corrected chi connectivity index (χ4v) is 1.52. The Labute approximate surface area is 88.8 Å². The van der Waals surface area contributed by atoms with E-state index in [2.05, 4.69) is 9.97 Å². The molecule has 0 aliphatic carbocycles. The van der Waals surface area contributed by atoms with E-state index in [-0.39, 0.29) is 0 Å². The Hall–Kier alpha value is -1.48. The summed E-state index contributed by atoms with van der Waals surface area (Å²) in [5, 5.41) is 9.68. The van der Waals surface area contributed by atoms with Gasteiger partial charge in [-0.05, 0) is 26.0 Å². The van der Waals surface area contributed by atoms with Gasteiger partial charge in [0.1, 0.15) is 0 Å². The van der Waals surface area contributed by atoms with Gasteiger partial charge in [-0.2, -0.15) is 0 Å². The number of fused-ring (bicyclic) bond motifs is 1. The summed E-state index contributed by atoms with van der Waals surface area (Å²) >= 11 is 0. The maximum absolute atomic E-state index is 9.68. The lowest BCUT2D eigenvalue weighted by atomic mass is 10.0. The van der Waals surface area contributed by atoms with Crippen molar-refractivity contribution < 1.29 is 5.11 Å². The van der Waals surface area contributed by atoms with Crippen molar-refractivity contribution in [1.29, 1.82) is 0 Å². The van der Waals surface area contributed by atoms with E-state index in [1.165, 1.54) is 0 Å². The fraction of sp³-hybridized carbons (Fsp3) is 0.333. The molecule has 2 aromatic rings. The molecule has 0 aliphatic rings. The van der Waals surface area contributed by atoms with Gasteiger partial charge in [0.05, 0.1) is 22.3 Å². The lowest BCUT2D eigenvalue weighted by Gasteiger charge is -2.15. The summed E-state index contributed by atoms with van der Waals surface area (Å²) < 4.78 is 0. The predicted octanol–water partition coefficient (Wildman–Crippen LogP) is 1.94. The molecule has 0 spiro atoms. The van der Waals surface area contributed by atoms with Crippen molar-refractivity contribution in [2.75, 3.05) is 0 Å². The second-order valence-corrected chi connectivity index (χ2v) is 4.34. The summed E-state index contributed by atoms with van der Waals surface area (Å²) in [4.78, 5) is 8.73. The van der Waals surface area contributed by atoms with E-state index < -0.39 is 5.60 Å². The van der Waals surface area contributed by atoms with Crippen molar-refractivity contribution >= 4 is 11.0 Å². The van der Waals surface area contributed by atoms with Gasteiger partial charge in [-0.1, -0.05) is 12.1 Å². The van der Waals surface area contributed by atoms with Crippen LogP contribution in [0.25, 0.3) is 11.0 Å². The molecule has 15 heavy (non-hydrogen) atoms. The molecule has 0 fully saturated rings. The van der Waals surface area contributed by atoms with Gasteiger partial charge in [0.15, 0.2) is 0 Å². The first kappa shape index (κ1) is 10.1. The van der Waals surface area contributed by atoms with E-state index in [1.807, 2.05) is 24.3 Å². The quantitative estimate of drug-likeness (QED) is 0.809. The standard InChI is InChI=1S/C12H14N2O/c1-12(2,15)7-9-8-13-10-5-3-4-6-11(10)14-9/h3-6,8,15H,7H2,1-2H3. The van der Waals surface area contributed by atoms with Crippen LogP contribution in [-0.2, 0) is 6.42 Å². The van der Waals surface area contributed by atoms with E-state index in [1.54, 1.807) is 20.0 Å². The third kappa shape index (κ3) is 2.50. The molecular formula is C12H14N2O. The van der Waals surface area contributed by atoms with Crippen molar-refractivity contribution in [2.24, 2.45) is 0 Å². The summed E-state index contributed by atoms with van der Waals surface area (Å²) in [5.74, 6) is 0. The molecule has 2 rings (SSSR count). The van der Waals surface area contributed by atoms with Gasteiger partial charge in [0.25, 0.3) is 0 Å². The average Bonchev–Trinajstić information content (AvgIpc) is 2.15. The monoisotopic (exact) mass is 202 g/mol. The Bertz CT molecular complexity index is 474. The Kier molecular flexibility index (Phi) is 2.40. The smallest absolute Gasteiger partial charge is 0.0890 e. The second-order valence-electron chi connectivity index (χ2n) is 4.34. The van der Waals surface area contributed by atoms with Gasteiger partial charge in [-0.15, -0.1) is 0 Å². The van der Waals surface area contributed by atoms with Gasteiger partial charge in [-0.3, -0.25) is 4.98 Å². The van der Waals surface area contributed by atoms with Crippen LogP contribution >= 0.6 is 0 Å². The third-order valence-electron chi connectivity index (χ3n) is 2.11. The molecule has 3 heteroatoms. The summed E-state index contributed by atoms with van der Waals surface area (Å²) in [6.07, 6.45) is 2.24. The third-order valence-corrected chi connectivity index (χ3v) is 2.11. The van der Waals surface area contributed by atoms with Gasteiger partial charge < -0.3 is 5.11 Å². The highest BCUT2D eigenvalue weighted by molar-refractivity contribution is 5.73. The minimum atomic E-state index is -0.739. The Morgan fingerprint density at radius 2 is 1.87 bits per heavy atom. The molecule has 0 bridgehead atoms. The largest absolute Gasteiger partial charge is 0.390 e. The van der Waals surface area contributed by atoms with Crippen LogP contribution in [0.1, 0.15) is 19.5 Å². The molecule has 0 amide bonds. The van der Waals surface area contributed by atoms with Crippen LogP contribution in [-0.4, -0.2) is 20.7 Å². The lowest BCUT2D eigenvalue weighted by Crippen LogP contribution is -2.22. The van der Waals surface area contributed by atoms with E-state index in [9.17, 15) is 5.11 Å². The summed E-state index contributed by atoms with van der Waals surface area (Å²) in [7, 11) is 0. The number of aliphatic hydroxyl groups is 1. The highest BCUT2D eigenvalue weighted by Crippen LogP contribution is 2.13. The molecule has 3 nitrogen and oxygen atoms in total. The maximum atomic E-state index is 9.68. The molecule has 78 valence electrons. The summed E-state index contributed by atoms with van der Waals surface area (Å²) in [6, 6.07) is 7.73. The van der Waals surface area contributed by atoms with Gasteiger partial charge >= 0.3 is 0 Å². The second kappa shape index (κ2) is 3.59. The molecule has 1 aromatic heterocycles.